The number of aromatic nitrogens is 4. The van der Waals surface area contributed by atoms with Gasteiger partial charge in [-0.1, -0.05) is 0 Å². The molecule has 0 unspecified atom stereocenters. The Morgan fingerprint density at radius 1 is 1.24 bits per heavy atom. The lowest BCUT2D eigenvalue weighted by atomic mass is 10.0. The number of aryl methyl sites for hydroxylation is 1. The van der Waals surface area contributed by atoms with Gasteiger partial charge in [-0.05, 0) is 33.7 Å². The molecule has 1 saturated heterocycles. The first kappa shape index (κ1) is 14.3. The highest BCUT2D eigenvalue weighted by Gasteiger charge is 2.25. The van der Waals surface area contributed by atoms with Crippen molar-refractivity contribution in [1.29, 1.82) is 0 Å². The van der Waals surface area contributed by atoms with Crippen molar-refractivity contribution in [2.75, 3.05) is 25.0 Å². The van der Waals surface area contributed by atoms with Crippen LogP contribution >= 0.6 is 0 Å². The maximum absolute atomic E-state index is 4.50. The minimum absolute atomic E-state index is 0.602. The van der Waals surface area contributed by atoms with E-state index in [2.05, 4.69) is 45.8 Å². The van der Waals surface area contributed by atoms with Gasteiger partial charge in [-0.15, -0.1) is 0 Å². The molecule has 0 N–H and O–H groups in total. The van der Waals surface area contributed by atoms with Crippen LogP contribution in [0.2, 0.25) is 0 Å². The molecule has 1 aliphatic rings. The zero-order chi connectivity index (χ0) is 15.0. The quantitative estimate of drug-likeness (QED) is 0.860. The van der Waals surface area contributed by atoms with Crippen LogP contribution in [0.15, 0.2) is 12.5 Å². The summed E-state index contributed by atoms with van der Waals surface area (Å²) in [4.78, 5) is 13.7. The van der Waals surface area contributed by atoms with Gasteiger partial charge in [0.1, 0.15) is 12.1 Å². The van der Waals surface area contributed by atoms with Gasteiger partial charge >= 0.3 is 0 Å². The Labute approximate surface area is 125 Å². The van der Waals surface area contributed by atoms with Crippen molar-refractivity contribution in [1.82, 2.24) is 24.6 Å². The Hall–Kier alpha value is -1.69. The number of piperidine rings is 1. The second kappa shape index (κ2) is 5.60. The molecule has 6 heteroatoms. The van der Waals surface area contributed by atoms with E-state index in [1.165, 1.54) is 12.8 Å². The summed E-state index contributed by atoms with van der Waals surface area (Å²) in [5.41, 5.74) is 0.904. The first-order valence-electron chi connectivity index (χ1n) is 7.67. The van der Waals surface area contributed by atoms with Gasteiger partial charge in [-0.2, -0.15) is 5.10 Å². The average Bonchev–Trinajstić information content (AvgIpc) is 2.88. The van der Waals surface area contributed by atoms with Crippen molar-refractivity contribution >= 4 is 16.9 Å². The molecule has 6 nitrogen and oxygen atoms in total. The van der Waals surface area contributed by atoms with Crippen LogP contribution in [0.1, 0.15) is 26.7 Å². The maximum atomic E-state index is 4.50. The predicted molar refractivity (Wildman–Crippen MR) is 84.4 cm³/mol. The number of rotatable bonds is 3. The highest BCUT2D eigenvalue weighted by atomic mass is 15.3. The molecule has 114 valence electrons. The van der Waals surface area contributed by atoms with Crippen molar-refractivity contribution in [3.63, 3.8) is 0 Å². The molecule has 1 fully saturated rings. The highest BCUT2D eigenvalue weighted by Crippen LogP contribution is 2.26. The average molecular weight is 288 g/mol. The van der Waals surface area contributed by atoms with Crippen LogP contribution < -0.4 is 4.90 Å². The van der Waals surface area contributed by atoms with Crippen LogP contribution in [0.25, 0.3) is 11.0 Å². The predicted octanol–water partition coefficient (Wildman–Crippen LogP) is 1.67. The van der Waals surface area contributed by atoms with Crippen LogP contribution in [0.4, 0.5) is 5.82 Å². The zero-order valence-corrected chi connectivity index (χ0v) is 13.3. The number of nitrogens with zero attached hydrogens (tertiary/aromatic N) is 6. The molecule has 0 aliphatic carbocycles. The third-order valence-corrected chi connectivity index (χ3v) is 4.66. The largest absolute Gasteiger partial charge is 0.356 e. The van der Waals surface area contributed by atoms with E-state index in [0.29, 0.717) is 12.1 Å². The summed E-state index contributed by atoms with van der Waals surface area (Å²) >= 11 is 0. The molecule has 0 saturated carbocycles. The van der Waals surface area contributed by atoms with Gasteiger partial charge in [-0.3, -0.25) is 4.68 Å². The van der Waals surface area contributed by atoms with Crippen LogP contribution in [0.5, 0.6) is 0 Å². The van der Waals surface area contributed by atoms with E-state index in [-0.39, 0.29) is 0 Å². The summed E-state index contributed by atoms with van der Waals surface area (Å²) in [7, 11) is 4.15. The van der Waals surface area contributed by atoms with Gasteiger partial charge in [0.25, 0.3) is 0 Å². The van der Waals surface area contributed by atoms with Gasteiger partial charge in [0.15, 0.2) is 5.65 Å². The lowest BCUT2D eigenvalue weighted by Crippen LogP contribution is -2.46. The highest BCUT2D eigenvalue weighted by molar-refractivity contribution is 5.86. The molecule has 0 atom stereocenters. The lowest BCUT2D eigenvalue weighted by molar-refractivity contribution is 0.168. The first-order valence-corrected chi connectivity index (χ1v) is 7.67. The molecule has 0 radical (unpaired) electrons. The Bertz CT molecular complexity index is 612. The summed E-state index contributed by atoms with van der Waals surface area (Å²) in [5, 5.41) is 5.35. The van der Waals surface area contributed by atoms with Gasteiger partial charge in [0.2, 0.25) is 0 Å². The van der Waals surface area contributed by atoms with E-state index in [0.717, 1.165) is 29.9 Å². The van der Waals surface area contributed by atoms with Crippen LogP contribution in [-0.4, -0.2) is 56.9 Å². The lowest BCUT2D eigenvalue weighted by Gasteiger charge is -2.39. The van der Waals surface area contributed by atoms with E-state index in [1.807, 2.05) is 13.2 Å². The molecule has 0 amide bonds. The summed E-state index contributed by atoms with van der Waals surface area (Å²) in [6.45, 7) is 6.61. The topological polar surface area (TPSA) is 50.1 Å². The number of fused-ring (bicyclic) bond motifs is 1. The van der Waals surface area contributed by atoms with E-state index in [4.69, 9.17) is 0 Å². The monoisotopic (exact) mass is 288 g/mol. The second-order valence-corrected chi connectivity index (χ2v) is 6.18. The second-order valence-electron chi connectivity index (χ2n) is 6.18. The van der Waals surface area contributed by atoms with E-state index in [9.17, 15) is 0 Å². The van der Waals surface area contributed by atoms with Gasteiger partial charge in [0, 0.05) is 32.2 Å². The van der Waals surface area contributed by atoms with Crippen molar-refractivity contribution in [3.8, 4) is 0 Å². The molecule has 3 rings (SSSR count). The molecule has 2 aromatic heterocycles. The fourth-order valence-electron chi connectivity index (χ4n) is 3.11. The van der Waals surface area contributed by atoms with Crippen molar-refractivity contribution in [2.45, 2.75) is 38.8 Å². The van der Waals surface area contributed by atoms with Crippen LogP contribution in [0, 0.1) is 0 Å². The van der Waals surface area contributed by atoms with Gasteiger partial charge in [-0.25, -0.2) is 9.97 Å². The Kier molecular flexibility index (Phi) is 3.80. The minimum atomic E-state index is 0.602. The Morgan fingerprint density at radius 2 is 1.95 bits per heavy atom. The standard InChI is InChI=1S/C15H24N6/c1-11(2)19(3)12-5-7-21(8-6-12)15-13-9-18-20(4)14(13)16-10-17-15/h9-12H,5-8H2,1-4H3. The zero-order valence-electron chi connectivity index (χ0n) is 13.3. The molecule has 21 heavy (non-hydrogen) atoms. The molecular weight excluding hydrogens is 264 g/mol. The molecule has 3 heterocycles. The molecule has 0 spiro atoms. The van der Waals surface area contributed by atoms with Crippen molar-refractivity contribution in [2.24, 2.45) is 7.05 Å². The van der Waals surface area contributed by atoms with E-state index >= 15 is 0 Å². The summed E-state index contributed by atoms with van der Waals surface area (Å²) < 4.78 is 1.81. The van der Waals surface area contributed by atoms with Crippen LogP contribution in [-0.2, 0) is 7.05 Å². The summed E-state index contributed by atoms with van der Waals surface area (Å²) in [5.74, 6) is 1.03. The maximum Gasteiger partial charge on any atom is 0.163 e. The number of hydrogen-bond donors (Lipinski definition) is 0. The smallest absolute Gasteiger partial charge is 0.163 e. The third kappa shape index (κ3) is 2.60. The van der Waals surface area contributed by atoms with Crippen LogP contribution in [0.3, 0.4) is 0 Å². The Morgan fingerprint density at radius 3 is 2.62 bits per heavy atom. The number of anilines is 1. The fourth-order valence-corrected chi connectivity index (χ4v) is 3.11. The summed E-state index contributed by atoms with van der Waals surface area (Å²) in [6, 6.07) is 1.28. The van der Waals surface area contributed by atoms with Crippen molar-refractivity contribution in [3.05, 3.63) is 12.5 Å². The normalized spacial score (nSPS) is 17.3. The van der Waals surface area contributed by atoms with Gasteiger partial charge in [0.05, 0.1) is 11.6 Å². The molecule has 1 aliphatic heterocycles. The molecule has 0 aromatic carbocycles. The molecule has 0 bridgehead atoms. The molecule has 2 aromatic rings. The first-order chi connectivity index (χ1) is 10.1. The molecular formula is C15H24N6. The Balaban J connectivity index is 1.77. The van der Waals surface area contributed by atoms with E-state index in [1.54, 1.807) is 11.0 Å². The summed E-state index contributed by atoms with van der Waals surface area (Å²) in [6.07, 6.45) is 5.88. The number of hydrogen-bond acceptors (Lipinski definition) is 5. The van der Waals surface area contributed by atoms with Crippen molar-refractivity contribution < 1.29 is 0 Å². The van der Waals surface area contributed by atoms with Gasteiger partial charge < -0.3 is 9.80 Å². The third-order valence-electron chi connectivity index (χ3n) is 4.66. The minimum Gasteiger partial charge on any atom is -0.356 e. The SMILES string of the molecule is CC(C)N(C)C1CCN(c2ncnc3c2cnn3C)CC1. The fraction of sp³-hybridized carbons (Fsp3) is 0.667. The van der Waals surface area contributed by atoms with E-state index < -0.39 is 0 Å².